The first kappa shape index (κ1) is 14.3. The van der Waals surface area contributed by atoms with Gasteiger partial charge in [-0.1, -0.05) is 5.21 Å². The minimum Gasteiger partial charge on any atom is -0.476 e. The lowest BCUT2D eigenvalue weighted by Gasteiger charge is -2.38. The van der Waals surface area contributed by atoms with Crippen LogP contribution in [0, 0.1) is 0 Å². The summed E-state index contributed by atoms with van der Waals surface area (Å²) in [6.45, 7) is 3.27. The molecule has 0 aliphatic carbocycles. The van der Waals surface area contributed by atoms with E-state index in [1.54, 1.807) is 12.0 Å². The minimum atomic E-state index is -1.11. The molecule has 2 heterocycles. The van der Waals surface area contributed by atoms with Crippen LogP contribution in [-0.4, -0.2) is 69.8 Å². The van der Waals surface area contributed by atoms with Crippen LogP contribution in [0.5, 0.6) is 0 Å². The first-order valence-corrected chi connectivity index (χ1v) is 6.22. The highest BCUT2D eigenvalue weighted by Crippen LogP contribution is 2.20. The molecule has 20 heavy (non-hydrogen) atoms. The van der Waals surface area contributed by atoms with E-state index in [0.29, 0.717) is 19.6 Å². The largest absolute Gasteiger partial charge is 0.476 e. The lowest BCUT2D eigenvalue weighted by Crippen LogP contribution is -2.55. The first-order valence-electron chi connectivity index (χ1n) is 6.22. The number of aromatic nitrogens is 3. The molecule has 0 spiro atoms. The Morgan fingerprint density at radius 1 is 1.60 bits per heavy atom. The van der Waals surface area contributed by atoms with Gasteiger partial charge in [0.1, 0.15) is 0 Å². The fourth-order valence-electron chi connectivity index (χ4n) is 1.77. The van der Waals surface area contributed by atoms with E-state index in [-0.39, 0.29) is 23.9 Å². The van der Waals surface area contributed by atoms with Crippen molar-refractivity contribution in [2.24, 2.45) is 0 Å². The smallest absolute Gasteiger partial charge is 0.358 e. The number of hydrogen-bond donors (Lipinski definition) is 2. The molecule has 0 saturated carbocycles. The van der Waals surface area contributed by atoms with Crippen molar-refractivity contribution in [3.8, 4) is 0 Å². The maximum Gasteiger partial charge on any atom is 0.358 e. The number of carboxylic acids is 1. The van der Waals surface area contributed by atoms with Gasteiger partial charge in [-0.15, -0.1) is 5.10 Å². The molecule has 0 bridgehead atoms. The fourth-order valence-corrected chi connectivity index (χ4v) is 1.77. The van der Waals surface area contributed by atoms with Gasteiger partial charge in [0.15, 0.2) is 5.69 Å². The van der Waals surface area contributed by atoms with Crippen LogP contribution in [-0.2, 0) is 4.74 Å². The summed E-state index contributed by atoms with van der Waals surface area (Å²) in [5, 5.41) is 18.8. The zero-order valence-electron chi connectivity index (χ0n) is 11.3. The van der Waals surface area contributed by atoms with Crippen molar-refractivity contribution in [1.82, 2.24) is 25.2 Å². The van der Waals surface area contributed by atoms with E-state index in [1.165, 1.54) is 10.9 Å². The van der Waals surface area contributed by atoms with Gasteiger partial charge in [-0.25, -0.2) is 14.3 Å². The molecule has 0 radical (unpaired) electrons. The summed E-state index contributed by atoms with van der Waals surface area (Å²) >= 11 is 0. The highest BCUT2D eigenvalue weighted by atomic mass is 16.5. The van der Waals surface area contributed by atoms with Gasteiger partial charge in [0, 0.05) is 26.7 Å². The van der Waals surface area contributed by atoms with Crippen LogP contribution < -0.4 is 5.32 Å². The molecule has 0 aromatic carbocycles. The number of ether oxygens (including phenoxy) is 1. The van der Waals surface area contributed by atoms with Crippen LogP contribution in [0.15, 0.2) is 6.20 Å². The summed E-state index contributed by atoms with van der Waals surface area (Å²) in [6.07, 6.45) is 1.33. The molecule has 2 rings (SSSR count). The van der Waals surface area contributed by atoms with Gasteiger partial charge in [0.25, 0.3) is 0 Å². The standard InChI is InChI=1S/C11H17N5O4/c1-7(20-2)3-12-11(19)15-4-8(5-15)16-6-9(10(17)18)13-14-16/h6-8H,3-5H2,1-2H3,(H,12,19)(H,17,18). The van der Waals surface area contributed by atoms with Gasteiger partial charge in [-0.05, 0) is 6.92 Å². The summed E-state index contributed by atoms with van der Waals surface area (Å²) in [7, 11) is 1.58. The molecule has 1 fully saturated rings. The maximum absolute atomic E-state index is 11.8. The summed E-state index contributed by atoms with van der Waals surface area (Å²) in [6, 6.07) is -0.190. The molecule has 1 aliphatic heterocycles. The molecule has 2 amide bonds. The molecule has 1 saturated heterocycles. The highest BCUT2D eigenvalue weighted by Gasteiger charge is 2.33. The van der Waals surface area contributed by atoms with Crippen LogP contribution >= 0.6 is 0 Å². The van der Waals surface area contributed by atoms with Crippen LogP contribution in [0.2, 0.25) is 0 Å². The Morgan fingerprint density at radius 2 is 2.30 bits per heavy atom. The highest BCUT2D eigenvalue weighted by molar-refractivity contribution is 5.84. The van der Waals surface area contributed by atoms with E-state index >= 15 is 0 Å². The number of urea groups is 1. The number of carbonyl (C=O) groups is 2. The molecular weight excluding hydrogens is 266 g/mol. The van der Waals surface area contributed by atoms with Crippen molar-refractivity contribution >= 4 is 12.0 Å². The molecule has 2 N–H and O–H groups in total. The zero-order valence-corrected chi connectivity index (χ0v) is 11.3. The predicted molar refractivity (Wildman–Crippen MR) is 67.5 cm³/mol. The lowest BCUT2D eigenvalue weighted by atomic mass is 10.1. The molecule has 1 atom stereocenters. The van der Waals surface area contributed by atoms with Crippen LogP contribution in [0.1, 0.15) is 23.5 Å². The van der Waals surface area contributed by atoms with Crippen LogP contribution in [0.3, 0.4) is 0 Å². The summed E-state index contributed by atoms with van der Waals surface area (Å²) in [5.74, 6) is -1.11. The molecule has 9 nitrogen and oxygen atoms in total. The van der Waals surface area contributed by atoms with Gasteiger partial charge in [-0.2, -0.15) is 0 Å². The molecule has 1 aliphatic rings. The monoisotopic (exact) mass is 283 g/mol. The number of methoxy groups -OCH3 is 1. The van der Waals surface area contributed by atoms with Gasteiger partial charge in [0.05, 0.1) is 18.3 Å². The second-order valence-electron chi connectivity index (χ2n) is 4.68. The van der Waals surface area contributed by atoms with Gasteiger partial charge in [0.2, 0.25) is 0 Å². The minimum absolute atomic E-state index is 0.0267. The number of aromatic carboxylic acids is 1. The number of rotatable bonds is 5. The Kier molecular flexibility index (Phi) is 4.18. The Labute approximate surface area is 115 Å². The number of likely N-dealkylation sites (tertiary alicyclic amines) is 1. The van der Waals surface area contributed by atoms with Gasteiger partial charge >= 0.3 is 12.0 Å². The Hall–Kier alpha value is -2.16. The average Bonchev–Trinajstić information content (AvgIpc) is 2.83. The molecule has 1 unspecified atom stereocenters. The number of amides is 2. The van der Waals surface area contributed by atoms with Crippen molar-refractivity contribution in [3.05, 3.63) is 11.9 Å². The van der Waals surface area contributed by atoms with E-state index in [0.717, 1.165) is 0 Å². The van der Waals surface area contributed by atoms with E-state index in [9.17, 15) is 9.59 Å². The third kappa shape index (κ3) is 3.05. The van der Waals surface area contributed by atoms with E-state index in [4.69, 9.17) is 9.84 Å². The SMILES string of the molecule is COC(C)CNC(=O)N1CC(n2cc(C(=O)O)nn2)C1. The Balaban J connectivity index is 1.78. The van der Waals surface area contributed by atoms with Crippen LogP contribution in [0.25, 0.3) is 0 Å². The van der Waals surface area contributed by atoms with Crippen molar-refractivity contribution in [2.75, 3.05) is 26.7 Å². The predicted octanol–water partition coefficient (Wildman–Crippen LogP) is -0.422. The summed E-state index contributed by atoms with van der Waals surface area (Å²) in [5.41, 5.74) is -0.0955. The fraction of sp³-hybridized carbons (Fsp3) is 0.636. The average molecular weight is 283 g/mol. The number of carboxylic acid groups (broad SMARTS) is 1. The molecule has 1 aromatic heterocycles. The second kappa shape index (κ2) is 5.87. The summed E-state index contributed by atoms with van der Waals surface area (Å²) in [4.78, 5) is 24.1. The van der Waals surface area contributed by atoms with Crippen molar-refractivity contribution in [3.63, 3.8) is 0 Å². The van der Waals surface area contributed by atoms with E-state index < -0.39 is 5.97 Å². The normalized spacial score (nSPS) is 16.6. The third-order valence-corrected chi connectivity index (χ3v) is 3.20. The van der Waals surface area contributed by atoms with Gasteiger partial charge < -0.3 is 20.1 Å². The van der Waals surface area contributed by atoms with Crippen LogP contribution in [0.4, 0.5) is 4.79 Å². The number of nitrogens with one attached hydrogen (secondary N) is 1. The summed E-state index contributed by atoms with van der Waals surface area (Å²) < 4.78 is 6.51. The lowest BCUT2D eigenvalue weighted by molar-refractivity contribution is 0.0690. The van der Waals surface area contributed by atoms with E-state index in [2.05, 4.69) is 15.6 Å². The number of hydrogen-bond acceptors (Lipinski definition) is 5. The van der Waals surface area contributed by atoms with Crippen molar-refractivity contribution in [1.29, 1.82) is 0 Å². The molecule has 9 heteroatoms. The van der Waals surface area contributed by atoms with Crippen molar-refractivity contribution < 1.29 is 19.4 Å². The van der Waals surface area contributed by atoms with Crippen molar-refractivity contribution in [2.45, 2.75) is 19.1 Å². The van der Waals surface area contributed by atoms with E-state index in [1.807, 2.05) is 6.92 Å². The number of nitrogens with zero attached hydrogens (tertiary/aromatic N) is 4. The van der Waals surface area contributed by atoms with Gasteiger partial charge in [-0.3, -0.25) is 0 Å². The second-order valence-corrected chi connectivity index (χ2v) is 4.68. The Bertz CT molecular complexity index is 497. The molecule has 110 valence electrons. The quantitative estimate of drug-likeness (QED) is 0.759. The number of carbonyl (C=O) groups excluding carboxylic acids is 1. The first-order chi connectivity index (χ1) is 9.51. The molecular formula is C11H17N5O4. The third-order valence-electron chi connectivity index (χ3n) is 3.20. The maximum atomic E-state index is 11.8. The molecule has 1 aromatic rings. The topological polar surface area (TPSA) is 110 Å². The Morgan fingerprint density at radius 3 is 2.85 bits per heavy atom. The zero-order chi connectivity index (χ0) is 14.7.